The van der Waals surface area contributed by atoms with Gasteiger partial charge in [-0.2, -0.15) is 4.99 Å². The Bertz CT molecular complexity index is 1220. The lowest BCUT2D eigenvalue weighted by Crippen LogP contribution is -2.19. The van der Waals surface area contributed by atoms with Gasteiger partial charge in [-0.15, -0.1) is 0 Å². The summed E-state index contributed by atoms with van der Waals surface area (Å²) in [5.74, 6) is -0.475. The van der Waals surface area contributed by atoms with Crippen molar-refractivity contribution in [3.05, 3.63) is 57.9 Å². The molecule has 148 valence electrons. The highest BCUT2D eigenvalue weighted by Gasteiger charge is 2.13. The fraction of sp³-hybridized carbons (Fsp3) is 0.300. The van der Waals surface area contributed by atoms with Gasteiger partial charge in [0.1, 0.15) is 0 Å². The Morgan fingerprint density at radius 3 is 2.57 bits per heavy atom. The predicted molar refractivity (Wildman–Crippen MR) is 111 cm³/mol. The topological polar surface area (TPSA) is 77.7 Å². The van der Waals surface area contributed by atoms with E-state index in [4.69, 9.17) is 4.74 Å². The first-order valence-electron chi connectivity index (χ1n) is 8.69. The fourth-order valence-corrected chi connectivity index (χ4v) is 4.62. The number of nitrogens with zero attached hydrogens (tertiary/aromatic N) is 2. The first kappa shape index (κ1) is 20.4. The van der Waals surface area contributed by atoms with E-state index in [0.717, 1.165) is 22.0 Å². The van der Waals surface area contributed by atoms with Crippen LogP contribution in [0, 0.1) is 13.8 Å². The molecular formula is C20H22N2O4S2. The second-order valence-electron chi connectivity index (χ2n) is 6.65. The molecule has 0 saturated heterocycles. The van der Waals surface area contributed by atoms with Crippen molar-refractivity contribution in [2.24, 2.45) is 4.99 Å². The largest absolute Gasteiger partial charge is 0.383 e. The lowest BCUT2D eigenvalue weighted by molar-refractivity contribution is 0.0997. The van der Waals surface area contributed by atoms with E-state index >= 15 is 0 Å². The number of sulfone groups is 1. The van der Waals surface area contributed by atoms with Gasteiger partial charge in [0.2, 0.25) is 0 Å². The summed E-state index contributed by atoms with van der Waals surface area (Å²) >= 11 is 1.43. The van der Waals surface area contributed by atoms with Crippen LogP contribution in [0.4, 0.5) is 0 Å². The van der Waals surface area contributed by atoms with Crippen molar-refractivity contribution in [3.63, 3.8) is 0 Å². The van der Waals surface area contributed by atoms with E-state index in [2.05, 4.69) is 17.1 Å². The molecule has 0 atom stereocenters. The Labute approximate surface area is 168 Å². The quantitative estimate of drug-likeness (QED) is 0.638. The number of rotatable bonds is 5. The number of carbonyl (C=O) groups is 1. The van der Waals surface area contributed by atoms with Gasteiger partial charge in [0.15, 0.2) is 14.6 Å². The summed E-state index contributed by atoms with van der Waals surface area (Å²) < 4.78 is 31.7. The van der Waals surface area contributed by atoms with Gasteiger partial charge in [-0.1, -0.05) is 17.4 Å². The Kier molecular flexibility index (Phi) is 5.83. The van der Waals surface area contributed by atoms with E-state index < -0.39 is 15.7 Å². The highest BCUT2D eigenvalue weighted by Crippen LogP contribution is 2.22. The Morgan fingerprint density at radius 2 is 1.89 bits per heavy atom. The number of hydrogen-bond donors (Lipinski definition) is 0. The SMILES string of the molecule is COCCn1c(=NC(=O)c2cccc(S(C)(=O)=O)c2)sc2cc(C)c(C)cc21. The molecule has 0 aliphatic rings. The van der Waals surface area contributed by atoms with Crippen molar-refractivity contribution in [1.29, 1.82) is 0 Å². The van der Waals surface area contributed by atoms with Crippen molar-refractivity contribution >= 4 is 37.3 Å². The number of amides is 1. The van der Waals surface area contributed by atoms with Crippen molar-refractivity contribution in [2.75, 3.05) is 20.0 Å². The molecule has 8 heteroatoms. The number of thiazole rings is 1. The van der Waals surface area contributed by atoms with Gasteiger partial charge in [-0.25, -0.2) is 8.42 Å². The van der Waals surface area contributed by atoms with Crippen LogP contribution in [0.3, 0.4) is 0 Å². The maximum Gasteiger partial charge on any atom is 0.279 e. The summed E-state index contributed by atoms with van der Waals surface area (Å²) in [5.41, 5.74) is 3.58. The summed E-state index contributed by atoms with van der Waals surface area (Å²) in [5, 5.41) is 0. The van der Waals surface area contributed by atoms with Gasteiger partial charge in [-0.3, -0.25) is 4.79 Å². The molecule has 2 aromatic carbocycles. The van der Waals surface area contributed by atoms with Crippen molar-refractivity contribution in [2.45, 2.75) is 25.3 Å². The highest BCUT2D eigenvalue weighted by molar-refractivity contribution is 7.90. The molecule has 0 fully saturated rings. The molecule has 3 rings (SSSR count). The standard InChI is InChI=1S/C20H22N2O4S2/c1-13-10-17-18(11-14(13)2)27-20(22(17)8-9-26-3)21-19(23)15-6-5-7-16(12-15)28(4,24)25/h5-7,10-12H,8-9H2,1-4H3. The number of carbonyl (C=O) groups excluding carboxylic acids is 1. The Morgan fingerprint density at radius 1 is 1.18 bits per heavy atom. The zero-order valence-electron chi connectivity index (χ0n) is 16.2. The van der Waals surface area contributed by atoms with Crippen molar-refractivity contribution in [3.8, 4) is 0 Å². The molecule has 6 nitrogen and oxygen atoms in total. The van der Waals surface area contributed by atoms with Crippen LogP contribution in [-0.2, 0) is 21.1 Å². The third kappa shape index (κ3) is 4.24. The number of aromatic nitrogens is 1. The monoisotopic (exact) mass is 418 g/mol. The van der Waals surface area contributed by atoms with Crippen LogP contribution in [0.2, 0.25) is 0 Å². The molecule has 1 amide bonds. The van der Waals surface area contributed by atoms with E-state index in [1.165, 1.54) is 29.0 Å². The maximum absolute atomic E-state index is 12.7. The zero-order valence-corrected chi connectivity index (χ0v) is 17.9. The first-order chi connectivity index (χ1) is 13.2. The first-order valence-corrected chi connectivity index (χ1v) is 11.4. The number of hydrogen-bond acceptors (Lipinski definition) is 5. The van der Waals surface area contributed by atoms with Crippen LogP contribution < -0.4 is 4.80 Å². The van der Waals surface area contributed by atoms with Crippen LogP contribution in [-0.4, -0.2) is 38.9 Å². The van der Waals surface area contributed by atoms with Gasteiger partial charge >= 0.3 is 0 Å². The van der Waals surface area contributed by atoms with Gasteiger partial charge in [-0.05, 0) is 55.3 Å². The molecule has 1 heterocycles. The normalized spacial score (nSPS) is 12.6. The third-order valence-electron chi connectivity index (χ3n) is 4.52. The van der Waals surface area contributed by atoms with Crippen LogP contribution in [0.1, 0.15) is 21.5 Å². The van der Waals surface area contributed by atoms with E-state index in [-0.39, 0.29) is 10.5 Å². The van der Waals surface area contributed by atoms with E-state index in [9.17, 15) is 13.2 Å². The molecule has 0 bridgehead atoms. The highest BCUT2D eigenvalue weighted by atomic mass is 32.2. The predicted octanol–water partition coefficient (Wildman–Crippen LogP) is 3.11. The smallest absolute Gasteiger partial charge is 0.279 e. The second kappa shape index (κ2) is 7.98. The van der Waals surface area contributed by atoms with Gasteiger partial charge in [0.05, 0.1) is 21.7 Å². The molecule has 28 heavy (non-hydrogen) atoms. The molecule has 3 aromatic rings. The molecule has 0 aliphatic heterocycles. The average molecular weight is 419 g/mol. The molecule has 1 aromatic heterocycles. The fourth-order valence-electron chi connectivity index (χ4n) is 2.82. The summed E-state index contributed by atoms with van der Waals surface area (Å²) in [6.07, 6.45) is 1.11. The average Bonchev–Trinajstić information content (AvgIpc) is 2.95. The minimum Gasteiger partial charge on any atom is -0.383 e. The lowest BCUT2D eigenvalue weighted by atomic mass is 10.1. The molecule has 0 unspecified atom stereocenters. The van der Waals surface area contributed by atoms with Gasteiger partial charge < -0.3 is 9.30 Å². The Balaban J connectivity index is 2.14. The van der Waals surface area contributed by atoms with Crippen molar-refractivity contribution < 1.29 is 17.9 Å². The molecule has 0 aliphatic carbocycles. The molecular weight excluding hydrogens is 396 g/mol. The Hall–Kier alpha value is -2.29. The minimum atomic E-state index is -3.39. The van der Waals surface area contributed by atoms with E-state index in [1.54, 1.807) is 19.2 Å². The van der Waals surface area contributed by atoms with Crippen LogP contribution in [0.5, 0.6) is 0 Å². The van der Waals surface area contributed by atoms with Crippen LogP contribution in [0.25, 0.3) is 10.2 Å². The van der Waals surface area contributed by atoms with Crippen LogP contribution in [0.15, 0.2) is 46.3 Å². The molecule has 0 N–H and O–H groups in total. The summed E-state index contributed by atoms with van der Waals surface area (Å²) in [6.45, 7) is 5.15. The summed E-state index contributed by atoms with van der Waals surface area (Å²) in [7, 11) is -1.77. The number of ether oxygens (including phenoxy) is 1. The minimum absolute atomic E-state index is 0.100. The number of fused-ring (bicyclic) bond motifs is 1. The number of methoxy groups -OCH3 is 1. The zero-order chi connectivity index (χ0) is 20.5. The molecule has 0 spiro atoms. The van der Waals surface area contributed by atoms with E-state index in [0.29, 0.717) is 18.0 Å². The molecule has 0 saturated carbocycles. The van der Waals surface area contributed by atoms with Gasteiger partial charge in [0.25, 0.3) is 5.91 Å². The van der Waals surface area contributed by atoms with Crippen molar-refractivity contribution in [1.82, 2.24) is 4.57 Å². The molecule has 0 radical (unpaired) electrons. The summed E-state index contributed by atoms with van der Waals surface area (Å²) in [4.78, 5) is 17.7. The maximum atomic E-state index is 12.7. The number of benzene rings is 2. The lowest BCUT2D eigenvalue weighted by Gasteiger charge is -2.06. The summed E-state index contributed by atoms with van der Waals surface area (Å²) in [6, 6.07) is 10.1. The van der Waals surface area contributed by atoms with Gasteiger partial charge in [0, 0.05) is 25.5 Å². The van der Waals surface area contributed by atoms with E-state index in [1.807, 2.05) is 18.4 Å². The second-order valence-corrected chi connectivity index (χ2v) is 9.68. The third-order valence-corrected chi connectivity index (χ3v) is 6.67. The number of aryl methyl sites for hydroxylation is 2. The van der Waals surface area contributed by atoms with Crippen LogP contribution >= 0.6 is 11.3 Å².